The van der Waals surface area contributed by atoms with E-state index in [0.29, 0.717) is 17.4 Å². The Kier molecular flexibility index (Phi) is 6.28. The van der Waals surface area contributed by atoms with Gasteiger partial charge < -0.3 is 15.0 Å². The first kappa shape index (κ1) is 19.6. The van der Waals surface area contributed by atoms with E-state index in [9.17, 15) is 4.79 Å². The maximum Gasteiger partial charge on any atom is 0.318 e. The van der Waals surface area contributed by atoms with Gasteiger partial charge in [-0.3, -0.25) is 8.72 Å². The van der Waals surface area contributed by atoms with Gasteiger partial charge in [0, 0.05) is 38.0 Å². The SMILES string of the molecule is CNC(=O)c1ccc(C)c(N(Br)c2ccnc(OC3CCN(C)CC3)n2)c1. The third kappa shape index (κ3) is 4.75. The molecule has 1 saturated heterocycles. The van der Waals surface area contributed by atoms with Crippen molar-refractivity contribution in [1.82, 2.24) is 20.2 Å². The highest BCUT2D eigenvalue weighted by Crippen LogP contribution is 2.32. The number of carbonyl (C=O) groups is 1. The van der Waals surface area contributed by atoms with Crippen LogP contribution in [0.15, 0.2) is 30.5 Å². The molecule has 0 bridgehead atoms. The van der Waals surface area contributed by atoms with E-state index in [4.69, 9.17) is 4.74 Å². The summed E-state index contributed by atoms with van der Waals surface area (Å²) < 4.78 is 7.74. The van der Waals surface area contributed by atoms with Gasteiger partial charge in [0.25, 0.3) is 5.91 Å². The average Bonchev–Trinajstić information content (AvgIpc) is 2.69. The molecule has 0 atom stereocenters. The number of ether oxygens (including phenoxy) is 1. The number of aryl methyl sites for hydroxylation is 1. The molecule has 0 aliphatic carbocycles. The number of halogens is 1. The number of hydrogen-bond acceptors (Lipinski definition) is 6. The molecule has 1 aromatic heterocycles. The fourth-order valence-electron chi connectivity index (χ4n) is 2.98. The van der Waals surface area contributed by atoms with Crippen LogP contribution in [0.1, 0.15) is 28.8 Å². The third-order valence-corrected chi connectivity index (χ3v) is 5.41. The van der Waals surface area contributed by atoms with Crippen molar-refractivity contribution >= 4 is 33.6 Å². The second-order valence-electron chi connectivity index (χ2n) is 6.68. The van der Waals surface area contributed by atoms with Gasteiger partial charge in [0.1, 0.15) is 11.9 Å². The van der Waals surface area contributed by atoms with E-state index in [1.165, 1.54) is 0 Å². The molecule has 1 amide bonds. The van der Waals surface area contributed by atoms with Crippen LogP contribution < -0.4 is 14.0 Å². The first-order chi connectivity index (χ1) is 13.0. The molecular formula is C19H24BrN5O2. The molecule has 7 nitrogen and oxygen atoms in total. The maximum absolute atomic E-state index is 11.9. The molecular weight excluding hydrogens is 410 g/mol. The molecule has 1 aromatic carbocycles. The van der Waals surface area contributed by atoms with E-state index >= 15 is 0 Å². The standard InChI is InChI=1S/C19H24BrN5O2/c1-13-4-5-14(18(26)21-2)12-16(13)25(20)17-6-9-22-19(23-17)27-15-7-10-24(3)11-8-15/h4-6,9,12,15H,7-8,10-11H2,1-3H3,(H,21,26). The van der Waals surface area contributed by atoms with Crippen LogP contribution in [0.2, 0.25) is 0 Å². The summed E-state index contributed by atoms with van der Waals surface area (Å²) in [4.78, 5) is 23.0. The van der Waals surface area contributed by atoms with Crippen molar-refractivity contribution in [2.24, 2.45) is 0 Å². The van der Waals surface area contributed by atoms with E-state index in [0.717, 1.165) is 37.2 Å². The molecule has 0 saturated carbocycles. The van der Waals surface area contributed by atoms with Crippen LogP contribution in [0, 0.1) is 6.92 Å². The number of anilines is 2. The zero-order valence-electron chi connectivity index (χ0n) is 15.8. The van der Waals surface area contributed by atoms with Gasteiger partial charge in [0.2, 0.25) is 0 Å². The largest absolute Gasteiger partial charge is 0.460 e. The summed E-state index contributed by atoms with van der Waals surface area (Å²) in [6.45, 7) is 4.01. The van der Waals surface area contributed by atoms with Gasteiger partial charge in [-0.2, -0.15) is 4.98 Å². The predicted octanol–water partition coefficient (Wildman–Crippen LogP) is 3.07. The number of aromatic nitrogens is 2. The average molecular weight is 434 g/mol. The number of nitrogens with one attached hydrogen (secondary N) is 1. The number of rotatable bonds is 5. The predicted molar refractivity (Wildman–Crippen MR) is 109 cm³/mol. The Hall–Kier alpha value is -2.19. The first-order valence-corrected chi connectivity index (χ1v) is 9.65. The van der Waals surface area contributed by atoms with Gasteiger partial charge in [-0.1, -0.05) is 6.07 Å². The van der Waals surface area contributed by atoms with Crippen LogP contribution in [0.25, 0.3) is 0 Å². The van der Waals surface area contributed by atoms with E-state index in [2.05, 4.69) is 43.4 Å². The lowest BCUT2D eigenvalue weighted by molar-refractivity contribution is 0.0963. The zero-order chi connectivity index (χ0) is 19.4. The lowest BCUT2D eigenvalue weighted by Gasteiger charge is -2.28. The second-order valence-corrected chi connectivity index (χ2v) is 7.39. The summed E-state index contributed by atoms with van der Waals surface area (Å²) in [5.41, 5.74) is 2.43. The van der Waals surface area contributed by atoms with Crippen LogP contribution >= 0.6 is 16.1 Å². The number of likely N-dealkylation sites (tertiary alicyclic amines) is 1. The van der Waals surface area contributed by atoms with Crippen LogP contribution in [0.3, 0.4) is 0 Å². The molecule has 0 spiro atoms. The van der Waals surface area contributed by atoms with Crippen LogP contribution in [0.4, 0.5) is 11.5 Å². The topological polar surface area (TPSA) is 70.6 Å². The Morgan fingerprint density at radius 2 is 2.07 bits per heavy atom. The van der Waals surface area contributed by atoms with Crippen LogP contribution in [0.5, 0.6) is 6.01 Å². The van der Waals surface area contributed by atoms with Crippen molar-refractivity contribution in [1.29, 1.82) is 0 Å². The van der Waals surface area contributed by atoms with E-state index < -0.39 is 0 Å². The molecule has 0 unspecified atom stereocenters. The summed E-state index contributed by atoms with van der Waals surface area (Å²) >= 11 is 3.57. The maximum atomic E-state index is 11.9. The normalized spacial score (nSPS) is 15.4. The molecule has 8 heteroatoms. The molecule has 2 heterocycles. The minimum absolute atomic E-state index is 0.133. The Labute approximate surface area is 168 Å². The van der Waals surface area contributed by atoms with Crippen molar-refractivity contribution < 1.29 is 9.53 Å². The summed E-state index contributed by atoms with van der Waals surface area (Å²) in [6.07, 6.45) is 3.75. The molecule has 27 heavy (non-hydrogen) atoms. The van der Waals surface area contributed by atoms with Gasteiger partial charge in [-0.05, 0) is 44.5 Å². The minimum atomic E-state index is -0.133. The number of nitrogens with zero attached hydrogens (tertiary/aromatic N) is 4. The third-order valence-electron chi connectivity index (χ3n) is 4.67. The lowest BCUT2D eigenvalue weighted by atomic mass is 10.1. The number of benzene rings is 1. The Balaban J connectivity index is 1.79. The van der Waals surface area contributed by atoms with Crippen molar-refractivity contribution in [2.45, 2.75) is 25.9 Å². The zero-order valence-corrected chi connectivity index (χ0v) is 17.4. The molecule has 1 aliphatic rings. The molecule has 3 rings (SSSR count). The Bertz CT molecular complexity index is 808. The summed E-state index contributed by atoms with van der Waals surface area (Å²) in [5.74, 6) is 0.510. The number of amides is 1. The van der Waals surface area contributed by atoms with E-state index in [-0.39, 0.29) is 12.0 Å². The van der Waals surface area contributed by atoms with E-state index in [1.807, 2.05) is 19.1 Å². The summed E-state index contributed by atoms with van der Waals surface area (Å²) in [5, 5.41) is 2.64. The van der Waals surface area contributed by atoms with Gasteiger partial charge in [-0.15, -0.1) is 0 Å². The molecule has 1 aliphatic heterocycles. The lowest BCUT2D eigenvalue weighted by Crippen LogP contribution is -2.36. The highest BCUT2D eigenvalue weighted by Gasteiger charge is 2.20. The fourth-order valence-corrected chi connectivity index (χ4v) is 3.56. The van der Waals surface area contributed by atoms with Crippen LogP contribution in [-0.4, -0.2) is 54.1 Å². The van der Waals surface area contributed by atoms with Crippen molar-refractivity contribution in [3.05, 3.63) is 41.6 Å². The second kappa shape index (κ2) is 8.67. The molecule has 1 fully saturated rings. The summed E-state index contributed by atoms with van der Waals surface area (Å²) in [6, 6.07) is 7.69. The van der Waals surface area contributed by atoms with Gasteiger partial charge in [-0.25, -0.2) is 4.98 Å². The molecule has 1 N–H and O–H groups in total. The van der Waals surface area contributed by atoms with Crippen LogP contribution in [-0.2, 0) is 0 Å². The summed E-state index contributed by atoms with van der Waals surface area (Å²) in [7, 11) is 3.73. The fraction of sp³-hybridized carbons (Fsp3) is 0.421. The van der Waals surface area contributed by atoms with Gasteiger partial charge >= 0.3 is 6.01 Å². The van der Waals surface area contributed by atoms with Crippen molar-refractivity contribution in [3.8, 4) is 6.01 Å². The Morgan fingerprint density at radius 3 is 2.78 bits per heavy atom. The molecule has 144 valence electrons. The van der Waals surface area contributed by atoms with Crippen molar-refractivity contribution in [2.75, 3.05) is 31.1 Å². The Morgan fingerprint density at radius 1 is 1.33 bits per heavy atom. The molecule has 0 radical (unpaired) electrons. The van der Waals surface area contributed by atoms with Gasteiger partial charge in [0.15, 0.2) is 0 Å². The number of carbonyl (C=O) groups excluding carboxylic acids is 1. The quantitative estimate of drug-likeness (QED) is 0.730. The highest BCUT2D eigenvalue weighted by molar-refractivity contribution is 9.10. The monoisotopic (exact) mass is 433 g/mol. The smallest absolute Gasteiger partial charge is 0.318 e. The number of piperidine rings is 1. The minimum Gasteiger partial charge on any atom is -0.460 e. The highest BCUT2D eigenvalue weighted by atomic mass is 79.9. The van der Waals surface area contributed by atoms with Crippen molar-refractivity contribution in [3.63, 3.8) is 0 Å². The van der Waals surface area contributed by atoms with E-state index in [1.54, 1.807) is 29.3 Å². The first-order valence-electron chi connectivity index (χ1n) is 8.95. The van der Waals surface area contributed by atoms with Gasteiger partial charge in [0.05, 0.1) is 21.8 Å². The number of hydrogen-bond donors (Lipinski definition) is 1. The molecule has 2 aromatic rings.